The maximum atomic E-state index is 11.9. The fraction of sp³-hybridized carbons (Fsp3) is 0.200. The highest BCUT2D eigenvalue weighted by Crippen LogP contribution is 2.26. The Balaban J connectivity index is 1.94. The summed E-state index contributed by atoms with van der Waals surface area (Å²) in [5.41, 5.74) is 2.10. The molecular formula is C20H20N4O4. The monoisotopic (exact) mass is 380 g/mol. The van der Waals surface area contributed by atoms with Gasteiger partial charge >= 0.3 is 5.97 Å². The average molecular weight is 380 g/mol. The van der Waals surface area contributed by atoms with E-state index in [4.69, 9.17) is 0 Å². The Morgan fingerprint density at radius 2 is 1.96 bits per heavy atom. The lowest BCUT2D eigenvalue weighted by Gasteiger charge is -2.16. The van der Waals surface area contributed by atoms with Gasteiger partial charge in [-0.3, -0.25) is 10.1 Å². The molecule has 3 aromatic rings. The van der Waals surface area contributed by atoms with Crippen LogP contribution in [0.5, 0.6) is 0 Å². The van der Waals surface area contributed by atoms with Crippen molar-refractivity contribution in [1.29, 1.82) is 0 Å². The molecule has 0 bridgehead atoms. The van der Waals surface area contributed by atoms with Crippen LogP contribution in [0.2, 0.25) is 0 Å². The second-order valence-corrected chi connectivity index (χ2v) is 6.39. The van der Waals surface area contributed by atoms with E-state index in [1.165, 1.54) is 19.2 Å². The number of nitrogens with one attached hydrogen (secondary N) is 1. The molecule has 1 aromatic heterocycles. The van der Waals surface area contributed by atoms with E-state index in [0.29, 0.717) is 12.2 Å². The minimum atomic E-state index is -0.750. The van der Waals surface area contributed by atoms with Crippen LogP contribution in [0, 0.1) is 10.1 Å². The first-order chi connectivity index (χ1) is 13.4. The molecule has 2 aromatic carbocycles. The fourth-order valence-corrected chi connectivity index (χ4v) is 2.88. The van der Waals surface area contributed by atoms with Gasteiger partial charge in [-0.05, 0) is 29.8 Å². The number of carbonyl (C=O) groups is 1. The summed E-state index contributed by atoms with van der Waals surface area (Å²) < 4.78 is 4.66. The molecule has 0 unspecified atom stereocenters. The number of hydrogen-bond donors (Lipinski definition) is 1. The fourth-order valence-electron chi connectivity index (χ4n) is 2.88. The predicted molar refractivity (Wildman–Crippen MR) is 108 cm³/mol. The van der Waals surface area contributed by atoms with Gasteiger partial charge in [-0.2, -0.15) is 0 Å². The predicted octanol–water partition coefficient (Wildman–Crippen LogP) is 3.61. The van der Waals surface area contributed by atoms with Crippen LogP contribution in [0.25, 0.3) is 10.9 Å². The summed E-state index contributed by atoms with van der Waals surface area (Å²) >= 11 is 0. The number of pyridine rings is 1. The largest absolute Gasteiger partial charge is 0.465 e. The SMILES string of the molecule is COC(=O)c1cc(NCc2cc(N(C)C)nc3ccccc23)ccc1[N+](=O)[O-]. The number of methoxy groups -OCH3 is 1. The zero-order valence-corrected chi connectivity index (χ0v) is 15.8. The maximum Gasteiger partial charge on any atom is 0.344 e. The molecule has 28 heavy (non-hydrogen) atoms. The second-order valence-electron chi connectivity index (χ2n) is 6.39. The molecular weight excluding hydrogens is 360 g/mol. The number of rotatable bonds is 6. The van der Waals surface area contributed by atoms with Crippen LogP contribution in [0.1, 0.15) is 15.9 Å². The van der Waals surface area contributed by atoms with Crippen LogP contribution in [-0.2, 0) is 11.3 Å². The smallest absolute Gasteiger partial charge is 0.344 e. The number of nitro groups is 1. The van der Waals surface area contributed by atoms with Gasteiger partial charge in [0.15, 0.2) is 0 Å². The van der Waals surface area contributed by atoms with Crippen molar-refractivity contribution in [2.24, 2.45) is 0 Å². The van der Waals surface area contributed by atoms with Crippen molar-refractivity contribution in [1.82, 2.24) is 4.98 Å². The lowest BCUT2D eigenvalue weighted by Crippen LogP contribution is -2.12. The lowest BCUT2D eigenvalue weighted by molar-refractivity contribution is -0.385. The van der Waals surface area contributed by atoms with Crippen molar-refractivity contribution in [2.75, 3.05) is 31.4 Å². The molecule has 8 heteroatoms. The van der Waals surface area contributed by atoms with Gasteiger partial charge in [0.1, 0.15) is 11.4 Å². The number of ether oxygens (including phenoxy) is 1. The number of nitrogens with zero attached hydrogens (tertiary/aromatic N) is 3. The van der Waals surface area contributed by atoms with Crippen molar-refractivity contribution in [3.8, 4) is 0 Å². The Hall–Kier alpha value is -3.68. The topological polar surface area (TPSA) is 97.6 Å². The van der Waals surface area contributed by atoms with Crippen LogP contribution < -0.4 is 10.2 Å². The zero-order valence-electron chi connectivity index (χ0n) is 15.8. The third-order valence-corrected chi connectivity index (χ3v) is 4.33. The zero-order chi connectivity index (χ0) is 20.3. The standard InChI is InChI=1S/C20H20N4O4/c1-23(2)19-10-13(15-6-4-5-7-17(15)22-19)12-21-14-8-9-18(24(26)27)16(11-14)20(25)28-3/h4-11,21H,12H2,1-3H3. The van der Waals surface area contributed by atoms with Gasteiger partial charge in [-0.1, -0.05) is 18.2 Å². The van der Waals surface area contributed by atoms with Crippen molar-refractivity contribution < 1.29 is 14.5 Å². The molecule has 8 nitrogen and oxygen atoms in total. The molecule has 0 spiro atoms. The van der Waals surface area contributed by atoms with Gasteiger partial charge in [-0.15, -0.1) is 0 Å². The molecule has 144 valence electrons. The number of aromatic nitrogens is 1. The van der Waals surface area contributed by atoms with Crippen LogP contribution in [0.4, 0.5) is 17.2 Å². The van der Waals surface area contributed by atoms with E-state index in [9.17, 15) is 14.9 Å². The average Bonchev–Trinajstić information content (AvgIpc) is 2.70. The Labute approximate surface area is 161 Å². The summed E-state index contributed by atoms with van der Waals surface area (Å²) in [7, 11) is 5.04. The number of benzene rings is 2. The molecule has 0 amide bonds. The van der Waals surface area contributed by atoms with Crippen LogP contribution in [0.3, 0.4) is 0 Å². The van der Waals surface area contributed by atoms with Crippen LogP contribution in [0.15, 0.2) is 48.5 Å². The van der Waals surface area contributed by atoms with Crippen molar-refractivity contribution in [2.45, 2.75) is 6.54 Å². The van der Waals surface area contributed by atoms with E-state index in [2.05, 4.69) is 15.0 Å². The summed E-state index contributed by atoms with van der Waals surface area (Å²) in [5.74, 6) is 0.0778. The molecule has 0 saturated heterocycles. The van der Waals surface area contributed by atoms with Crippen molar-refractivity contribution in [3.63, 3.8) is 0 Å². The summed E-state index contributed by atoms with van der Waals surface area (Å²) in [6.07, 6.45) is 0. The third-order valence-electron chi connectivity index (χ3n) is 4.33. The first kappa shape index (κ1) is 19.1. The van der Waals surface area contributed by atoms with Gasteiger partial charge in [0.2, 0.25) is 0 Å². The summed E-state index contributed by atoms with van der Waals surface area (Å²) in [4.78, 5) is 29.0. The first-order valence-corrected chi connectivity index (χ1v) is 8.57. The third kappa shape index (κ3) is 3.85. The van der Waals surface area contributed by atoms with Crippen molar-refractivity contribution in [3.05, 3.63) is 69.8 Å². The van der Waals surface area contributed by atoms with Gasteiger partial charge in [-0.25, -0.2) is 9.78 Å². The van der Waals surface area contributed by atoms with Gasteiger partial charge < -0.3 is 15.0 Å². The number of esters is 1. The number of para-hydroxylation sites is 1. The maximum absolute atomic E-state index is 11.9. The number of carbonyl (C=O) groups excluding carboxylic acids is 1. The Morgan fingerprint density at radius 1 is 1.21 bits per heavy atom. The molecule has 0 aliphatic heterocycles. The minimum Gasteiger partial charge on any atom is -0.465 e. The molecule has 0 atom stereocenters. The summed E-state index contributed by atoms with van der Waals surface area (Å²) in [6.45, 7) is 0.461. The van der Waals surface area contributed by atoms with Gasteiger partial charge in [0, 0.05) is 37.8 Å². The number of anilines is 2. The van der Waals surface area contributed by atoms with E-state index in [1.807, 2.05) is 49.3 Å². The molecule has 3 rings (SSSR count). The molecule has 0 saturated carbocycles. The van der Waals surface area contributed by atoms with Gasteiger partial charge in [0.25, 0.3) is 5.69 Å². The highest BCUT2D eigenvalue weighted by Gasteiger charge is 2.21. The van der Waals surface area contributed by atoms with E-state index in [1.54, 1.807) is 6.07 Å². The van der Waals surface area contributed by atoms with Gasteiger partial charge in [0.05, 0.1) is 17.5 Å². The number of nitro benzene ring substituents is 1. The van der Waals surface area contributed by atoms with E-state index >= 15 is 0 Å². The highest BCUT2D eigenvalue weighted by molar-refractivity contribution is 5.95. The molecule has 0 aliphatic rings. The van der Waals surface area contributed by atoms with Crippen LogP contribution in [-0.4, -0.2) is 37.1 Å². The normalized spacial score (nSPS) is 10.5. The minimum absolute atomic E-state index is 0.0916. The first-order valence-electron chi connectivity index (χ1n) is 8.57. The van der Waals surface area contributed by atoms with E-state index in [-0.39, 0.29) is 11.3 Å². The van der Waals surface area contributed by atoms with Crippen LogP contribution >= 0.6 is 0 Å². The molecule has 1 heterocycles. The highest BCUT2D eigenvalue weighted by atomic mass is 16.6. The quantitative estimate of drug-likeness (QED) is 0.396. The summed E-state index contributed by atoms with van der Waals surface area (Å²) in [5, 5.41) is 15.4. The molecule has 0 aliphatic carbocycles. The Bertz CT molecular complexity index is 1050. The number of hydrogen-bond acceptors (Lipinski definition) is 7. The Morgan fingerprint density at radius 3 is 2.64 bits per heavy atom. The van der Waals surface area contributed by atoms with Crippen molar-refractivity contribution >= 4 is 34.1 Å². The van der Waals surface area contributed by atoms with E-state index < -0.39 is 10.9 Å². The molecule has 0 radical (unpaired) electrons. The molecule has 0 fully saturated rings. The second kappa shape index (κ2) is 7.91. The lowest BCUT2D eigenvalue weighted by atomic mass is 10.1. The van der Waals surface area contributed by atoms with E-state index in [0.717, 1.165) is 22.3 Å². The number of fused-ring (bicyclic) bond motifs is 1. The summed E-state index contributed by atoms with van der Waals surface area (Å²) in [6, 6.07) is 14.1. The molecule has 1 N–H and O–H groups in total. The Kier molecular flexibility index (Phi) is 5.39.